The summed E-state index contributed by atoms with van der Waals surface area (Å²) in [4.78, 5) is 40.5. The van der Waals surface area contributed by atoms with Crippen LogP contribution in [0.4, 0.5) is 11.4 Å². The summed E-state index contributed by atoms with van der Waals surface area (Å²) in [5, 5.41) is 4.97. The van der Waals surface area contributed by atoms with E-state index in [2.05, 4.69) is 26.6 Å². The summed E-state index contributed by atoms with van der Waals surface area (Å²) in [6.45, 7) is 0.947. The summed E-state index contributed by atoms with van der Waals surface area (Å²) in [7, 11) is 0. The van der Waals surface area contributed by atoms with E-state index in [0.717, 1.165) is 20.7 Å². The van der Waals surface area contributed by atoms with E-state index in [-0.39, 0.29) is 23.6 Å². The highest BCUT2D eigenvalue weighted by Crippen LogP contribution is 2.36. The van der Waals surface area contributed by atoms with Crippen molar-refractivity contribution < 1.29 is 14.4 Å². The topological polar surface area (TPSA) is 78.5 Å². The number of halogens is 1. The lowest BCUT2D eigenvalue weighted by atomic mass is 9.95. The molecule has 2 aromatic carbocycles. The van der Waals surface area contributed by atoms with Crippen LogP contribution in [0.1, 0.15) is 12.8 Å². The second-order valence-corrected chi connectivity index (χ2v) is 9.15. The highest BCUT2D eigenvalue weighted by Gasteiger charge is 2.37. The molecular weight excluding hydrogens is 454 g/mol. The van der Waals surface area contributed by atoms with Crippen molar-refractivity contribution in [3.63, 3.8) is 0 Å². The lowest BCUT2D eigenvalue weighted by Crippen LogP contribution is -2.48. The summed E-state index contributed by atoms with van der Waals surface area (Å²) in [5.74, 6) is -0.651. The highest BCUT2D eigenvalue weighted by molar-refractivity contribution is 9.10. The molecule has 1 saturated heterocycles. The second-order valence-electron chi connectivity index (χ2n) is 7.08. The molecule has 4 rings (SSSR count). The number of para-hydroxylation sites is 1. The molecule has 2 aliphatic heterocycles. The predicted molar refractivity (Wildman–Crippen MR) is 117 cm³/mol. The van der Waals surface area contributed by atoms with Crippen LogP contribution in [0.15, 0.2) is 57.9 Å². The van der Waals surface area contributed by atoms with Crippen molar-refractivity contribution >= 4 is 56.8 Å². The number of piperidine rings is 1. The zero-order valence-corrected chi connectivity index (χ0v) is 18.0. The van der Waals surface area contributed by atoms with Gasteiger partial charge in [-0.1, -0.05) is 34.1 Å². The normalized spacial score (nSPS) is 19.3. The molecule has 3 amide bonds. The molecule has 8 heteroatoms. The summed E-state index contributed by atoms with van der Waals surface area (Å²) in [6.07, 6.45) is 1.17. The van der Waals surface area contributed by atoms with Gasteiger partial charge in [0.05, 0.1) is 5.69 Å². The number of carbonyl (C=O) groups excluding carboxylic acids is 3. The van der Waals surface area contributed by atoms with Crippen molar-refractivity contribution in [3.05, 3.63) is 53.0 Å². The van der Waals surface area contributed by atoms with Crippen LogP contribution >= 0.6 is 27.7 Å². The van der Waals surface area contributed by atoms with E-state index in [1.54, 1.807) is 4.90 Å². The molecule has 1 fully saturated rings. The van der Waals surface area contributed by atoms with Gasteiger partial charge in [-0.3, -0.25) is 14.4 Å². The van der Waals surface area contributed by atoms with Gasteiger partial charge in [0.15, 0.2) is 5.25 Å². The number of hydrogen-bond donors (Lipinski definition) is 2. The Bertz CT molecular complexity index is 960. The molecule has 0 unspecified atom stereocenters. The Balaban J connectivity index is 1.34. The maximum absolute atomic E-state index is 12.9. The Hall–Kier alpha value is -2.32. The molecule has 0 bridgehead atoms. The molecule has 0 radical (unpaired) electrons. The summed E-state index contributed by atoms with van der Waals surface area (Å²) in [6, 6.07) is 14.9. The van der Waals surface area contributed by atoms with E-state index >= 15 is 0 Å². The van der Waals surface area contributed by atoms with E-state index in [9.17, 15) is 14.4 Å². The van der Waals surface area contributed by atoms with Gasteiger partial charge in [0, 0.05) is 34.1 Å². The minimum absolute atomic E-state index is 0.0334. The van der Waals surface area contributed by atoms with E-state index in [1.807, 2.05) is 48.5 Å². The lowest BCUT2D eigenvalue weighted by molar-refractivity contribution is -0.136. The van der Waals surface area contributed by atoms with E-state index in [4.69, 9.17) is 0 Å². The van der Waals surface area contributed by atoms with Gasteiger partial charge in [-0.05, 0) is 43.2 Å². The smallest absolute Gasteiger partial charge is 0.247 e. The maximum Gasteiger partial charge on any atom is 0.247 e. The fourth-order valence-electron chi connectivity index (χ4n) is 3.55. The lowest BCUT2D eigenvalue weighted by Gasteiger charge is -2.34. The minimum atomic E-state index is -0.781. The van der Waals surface area contributed by atoms with E-state index in [0.29, 0.717) is 25.9 Å². The summed E-state index contributed by atoms with van der Waals surface area (Å²) < 4.78 is 0.903. The molecule has 1 atom stereocenters. The zero-order chi connectivity index (χ0) is 20.4. The second kappa shape index (κ2) is 8.59. The van der Waals surface area contributed by atoms with E-state index in [1.165, 1.54) is 11.8 Å². The van der Waals surface area contributed by atoms with Crippen molar-refractivity contribution in [1.82, 2.24) is 4.90 Å². The number of rotatable bonds is 3. The third-order valence-corrected chi connectivity index (χ3v) is 6.88. The third kappa shape index (κ3) is 4.48. The van der Waals surface area contributed by atoms with Gasteiger partial charge < -0.3 is 15.5 Å². The van der Waals surface area contributed by atoms with Crippen molar-refractivity contribution in [3.8, 4) is 0 Å². The van der Waals surface area contributed by atoms with Gasteiger partial charge in [0.2, 0.25) is 17.7 Å². The van der Waals surface area contributed by atoms with Crippen LogP contribution in [0.3, 0.4) is 0 Å². The molecule has 0 spiro atoms. The number of hydrogen-bond acceptors (Lipinski definition) is 4. The largest absolute Gasteiger partial charge is 0.341 e. The Morgan fingerprint density at radius 2 is 1.86 bits per heavy atom. The number of likely N-dealkylation sites (tertiary alicyclic amines) is 1. The average Bonchev–Trinajstić information content (AvgIpc) is 2.73. The van der Waals surface area contributed by atoms with Crippen LogP contribution < -0.4 is 10.6 Å². The standard InChI is InChI=1S/C21H20BrN3O3S/c22-14-4-3-5-15(12-14)23-19(26)13-8-10-25(11-9-13)21(28)18-20(27)24-16-6-1-2-7-17(16)29-18/h1-7,12-13,18H,8-11H2,(H,23,26)(H,24,27)/t18-/m1/s1. The van der Waals surface area contributed by atoms with Crippen molar-refractivity contribution in [1.29, 1.82) is 0 Å². The third-order valence-electron chi connectivity index (χ3n) is 5.12. The highest BCUT2D eigenvalue weighted by atomic mass is 79.9. The average molecular weight is 474 g/mol. The monoisotopic (exact) mass is 473 g/mol. The maximum atomic E-state index is 12.9. The Kier molecular flexibility index (Phi) is 5.91. The van der Waals surface area contributed by atoms with Crippen LogP contribution in [0.2, 0.25) is 0 Å². The quantitative estimate of drug-likeness (QED) is 0.665. The van der Waals surface area contributed by atoms with Gasteiger partial charge in [-0.25, -0.2) is 0 Å². The summed E-state index contributed by atoms with van der Waals surface area (Å²) in [5.41, 5.74) is 1.49. The van der Waals surface area contributed by atoms with E-state index < -0.39 is 5.25 Å². The van der Waals surface area contributed by atoms with Crippen LogP contribution in [-0.2, 0) is 14.4 Å². The molecular formula is C21H20BrN3O3S. The van der Waals surface area contributed by atoms with Gasteiger partial charge in [0.25, 0.3) is 0 Å². The number of nitrogens with zero attached hydrogens (tertiary/aromatic N) is 1. The summed E-state index contributed by atoms with van der Waals surface area (Å²) >= 11 is 4.68. The first-order chi connectivity index (χ1) is 14.0. The molecule has 0 saturated carbocycles. The van der Waals surface area contributed by atoms with Crippen molar-refractivity contribution in [2.45, 2.75) is 23.0 Å². The number of nitrogens with one attached hydrogen (secondary N) is 2. The zero-order valence-electron chi connectivity index (χ0n) is 15.6. The molecule has 29 heavy (non-hydrogen) atoms. The molecule has 2 heterocycles. The van der Waals surface area contributed by atoms with Gasteiger partial charge in [-0.15, -0.1) is 11.8 Å². The van der Waals surface area contributed by atoms with Crippen LogP contribution in [-0.4, -0.2) is 41.0 Å². The predicted octanol–water partition coefficient (Wildman–Crippen LogP) is 3.74. The van der Waals surface area contributed by atoms with Gasteiger partial charge >= 0.3 is 0 Å². The van der Waals surface area contributed by atoms with Gasteiger partial charge in [0.1, 0.15) is 0 Å². The molecule has 2 aliphatic rings. The molecule has 2 aromatic rings. The fourth-order valence-corrected chi connectivity index (χ4v) is 5.02. The number of carbonyl (C=O) groups is 3. The molecule has 150 valence electrons. The molecule has 0 aliphatic carbocycles. The minimum Gasteiger partial charge on any atom is -0.341 e. The van der Waals surface area contributed by atoms with Gasteiger partial charge in [-0.2, -0.15) is 0 Å². The van der Waals surface area contributed by atoms with Crippen LogP contribution in [0.5, 0.6) is 0 Å². The van der Waals surface area contributed by atoms with Crippen molar-refractivity contribution in [2.24, 2.45) is 5.92 Å². The first-order valence-electron chi connectivity index (χ1n) is 9.43. The Morgan fingerprint density at radius 3 is 2.62 bits per heavy atom. The Morgan fingerprint density at radius 1 is 1.10 bits per heavy atom. The molecule has 0 aromatic heterocycles. The SMILES string of the molecule is O=C(Nc1cccc(Br)c1)C1CCN(C(=O)[C@@H]2Sc3ccccc3NC2=O)CC1. The molecule has 6 nitrogen and oxygen atoms in total. The Labute approximate surface area is 181 Å². The fraction of sp³-hybridized carbons (Fsp3) is 0.286. The number of fused-ring (bicyclic) bond motifs is 1. The first kappa shape index (κ1) is 20.0. The number of benzene rings is 2. The van der Waals surface area contributed by atoms with Crippen LogP contribution in [0, 0.1) is 5.92 Å². The van der Waals surface area contributed by atoms with Crippen LogP contribution in [0.25, 0.3) is 0 Å². The number of thioether (sulfide) groups is 1. The molecule has 2 N–H and O–H groups in total. The first-order valence-corrected chi connectivity index (χ1v) is 11.1. The van der Waals surface area contributed by atoms with Crippen molar-refractivity contribution in [2.75, 3.05) is 23.7 Å². The number of amides is 3. The number of anilines is 2.